The van der Waals surface area contributed by atoms with Gasteiger partial charge in [0, 0.05) is 71.0 Å². The first-order chi connectivity index (χ1) is 35.0. The van der Waals surface area contributed by atoms with Gasteiger partial charge in [-0.2, -0.15) is 10.2 Å². The fourth-order valence-corrected chi connectivity index (χ4v) is 6.77. The molecule has 73 heavy (non-hydrogen) atoms. The first-order valence-corrected chi connectivity index (χ1v) is 24.1. The number of benzene rings is 2. The van der Waals surface area contributed by atoms with E-state index in [9.17, 15) is 9.59 Å². The number of carbonyl (C=O) groups is 2. The van der Waals surface area contributed by atoms with Crippen LogP contribution in [-0.2, 0) is 22.6 Å². The quantitative estimate of drug-likeness (QED) is 0.0640. The van der Waals surface area contributed by atoms with E-state index in [2.05, 4.69) is 66.0 Å². The van der Waals surface area contributed by atoms with Gasteiger partial charge < -0.3 is 20.1 Å². The molecular weight excluding hydrogens is 995 g/mol. The number of anilines is 6. The second-order valence-electron chi connectivity index (χ2n) is 17.7. The minimum absolute atomic E-state index is 0.226. The molecule has 0 atom stereocenters. The molecule has 0 saturated heterocycles. The van der Waals surface area contributed by atoms with Crippen molar-refractivity contribution in [3.8, 4) is 22.5 Å². The molecule has 6 aromatic heterocycles. The van der Waals surface area contributed by atoms with E-state index in [1.54, 1.807) is 120 Å². The number of ether oxygens (including phenoxy) is 2. The summed E-state index contributed by atoms with van der Waals surface area (Å²) in [6, 6.07) is 17.9. The lowest BCUT2D eigenvalue weighted by Gasteiger charge is -2.27. The predicted molar refractivity (Wildman–Crippen MR) is 283 cm³/mol. The number of aryl methyl sites for hydroxylation is 2. The summed E-state index contributed by atoms with van der Waals surface area (Å²) in [6.45, 7) is 13.1. The van der Waals surface area contributed by atoms with Crippen molar-refractivity contribution >= 4 is 81.4 Å². The lowest BCUT2D eigenvalue weighted by Crippen LogP contribution is -2.34. The number of halogens is 3. The van der Waals surface area contributed by atoms with Crippen LogP contribution in [0.3, 0.4) is 0 Å². The average Bonchev–Trinajstić information content (AvgIpc) is 4.08. The monoisotopic (exact) mass is 1050 g/mol. The highest BCUT2D eigenvalue weighted by molar-refractivity contribution is 6.31. The summed E-state index contributed by atoms with van der Waals surface area (Å²) in [5, 5.41) is 18.3. The van der Waals surface area contributed by atoms with Crippen LogP contribution in [0.25, 0.3) is 22.5 Å². The number of pyridine rings is 2. The number of alkyl halides is 1. The smallest absolute Gasteiger partial charge is 0.420 e. The highest BCUT2D eigenvalue weighted by Gasteiger charge is 2.27. The molecule has 8 aromatic rings. The highest BCUT2D eigenvalue weighted by Crippen LogP contribution is 2.30. The zero-order chi connectivity index (χ0) is 52.2. The Bertz CT molecular complexity index is 2990. The molecular formula is C50H55Cl3N16O4. The van der Waals surface area contributed by atoms with Gasteiger partial charge in [-0.3, -0.25) is 34.6 Å². The summed E-state index contributed by atoms with van der Waals surface area (Å²) in [7, 11) is 0. The third kappa shape index (κ3) is 18.7. The molecule has 0 aliphatic carbocycles. The zero-order valence-corrected chi connectivity index (χ0v) is 43.3. The molecule has 0 spiro atoms. The Morgan fingerprint density at radius 3 is 1.84 bits per heavy atom. The van der Waals surface area contributed by atoms with Gasteiger partial charge >= 0.3 is 12.2 Å². The van der Waals surface area contributed by atoms with Crippen molar-refractivity contribution in [3.63, 3.8) is 0 Å². The van der Waals surface area contributed by atoms with Gasteiger partial charge in [-0.05, 0) is 103 Å². The van der Waals surface area contributed by atoms with Crippen LogP contribution < -0.4 is 20.9 Å². The van der Waals surface area contributed by atoms with Gasteiger partial charge in [0.2, 0.25) is 0 Å². The SMILES string of the molecule is CC(C)(C)OC(=O)Nc1cncc(-c2cncc(N(C(=O)OC(C)(C)C)c3cccc(Cl)c3)n2)c1.ClCCCn1cncn1.Clc1cccc(Nc2cncc(-c3cncc(NCCCn4cncn4)c3)n2)c1. The Kier molecular flexibility index (Phi) is 19.9. The average molecular weight is 1050 g/mol. The maximum Gasteiger partial charge on any atom is 0.420 e. The van der Waals surface area contributed by atoms with E-state index in [-0.39, 0.29) is 5.82 Å². The molecule has 0 unspecified atom stereocenters. The van der Waals surface area contributed by atoms with Crippen molar-refractivity contribution < 1.29 is 19.1 Å². The number of amides is 2. The summed E-state index contributed by atoms with van der Waals surface area (Å²) in [6.07, 6.45) is 20.1. The summed E-state index contributed by atoms with van der Waals surface area (Å²) in [5.74, 6) is 1.54. The lowest BCUT2D eigenvalue weighted by molar-refractivity contribution is 0.0595. The van der Waals surface area contributed by atoms with Crippen molar-refractivity contribution in [2.45, 2.75) is 78.7 Å². The van der Waals surface area contributed by atoms with E-state index >= 15 is 0 Å². The molecule has 0 aliphatic heterocycles. The van der Waals surface area contributed by atoms with Crippen LogP contribution in [0.15, 0.2) is 136 Å². The Morgan fingerprint density at radius 2 is 1.22 bits per heavy atom. The zero-order valence-electron chi connectivity index (χ0n) is 41.0. The van der Waals surface area contributed by atoms with Crippen LogP contribution >= 0.6 is 34.8 Å². The molecule has 6 heterocycles. The minimum atomic E-state index is -0.732. The van der Waals surface area contributed by atoms with Crippen molar-refractivity contribution in [1.82, 2.24) is 59.4 Å². The maximum absolute atomic E-state index is 13.1. The number of aromatic nitrogens is 12. The van der Waals surface area contributed by atoms with Gasteiger partial charge in [0.1, 0.15) is 42.3 Å². The van der Waals surface area contributed by atoms with E-state index in [0.29, 0.717) is 44.4 Å². The molecule has 2 aromatic carbocycles. The molecule has 380 valence electrons. The van der Waals surface area contributed by atoms with Gasteiger partial charge in [0.15, 0.2) is 5.82 Å². The van der Waals surface area contributed by atoms with E-state index in [4.69, 9.17) is 44.3 Å². The summed E-state index contributed by atoms with van der Waals surface area (Å²) in [4.78, 5) is 60.6. The van der Waals surface area contributed by atoms with E-state index in [1.807, 2.05) is 35.0 Å². The van der Waals surface area contributed by atoms with Crippen LogP contribution in [0.2, 0.25) is 10.0 Å². The molecule has 23 heteroatoms. The van der Waals surface area contributed by atoms with E-state index in [1.165, 1.54) is 36.1 Å². The second-order valence-corrected chi connectivity index (χ2v) is 18.9. The number of hydrogen-bond acceptors (Lipinski definition) is 16. The van der Waals surface area contributed by atoms with Crippen molar-refractivity contribution in [2.24, 2.45) is 0 Å². The molecule has 0 aliphatic rings. The Morgan fingerprint density at radius 1 is 0.630 bits per heavy atom. The summed E-state index contributed by atoms with van der Waals surface area (Å²) < 4.78 is 14.5. The third-order valence-corrected chi connectivity index (χ3v) is 10.0. The third-order valence-electron chi connectivity index (χ3n) is 9.29. The number of rotatable bonds is 15. The van der Waals surface area contributed by atoms with Gasteiger partial charge in [-0.25, -0.2) is 34.4 Å². The molecule has 20 nitrogen and oxygen atoms in total. The molecule has 0 fully saturated rings. The first kappa shape index (κ1) is 54.5. The first-order valence-electron chi connectivity index (χ1n) is 22.8. The van der Waals surface area contributed by atoms with Gasteiger partial charge in [-0.1, -0.05) is 35.3 Å². The summed E-state index contributed by atoms with van der Waals surface area (Å²) in [5.41, 5.74) is 3.91. The standard InChI is InChI=1S/C25H28ClN5O4.C20H19ClN8.C5H8ClN3/c1-24(2,3)34-22(32)29-18-10-16(12-27-13-18)20-14-28-15-21(30-20)31(23(33)35-25(4,5)6)19-9-7-8-17(26)11-19;21-16-3-1-4-17(8-16)27-20-12-23-11-19(28-20)15-7-18(10-22-9-15)25-5-2-6-29-14-24-13-26-29;6-2-1-3-9-5-7-4-8-9/h7-15H,1-6H3,(H,29,32);1,3-4,7-14,25H,2,5-6H2,(H,27,28);4-5H,1-3H2. The highest BCUT2D eigenvalue weighted by atomic mass is 35.5. The number of carbonyl (C=O) groups excluding carboxylic acids is 2. The molecule has 2 amide bonds. The van der Waals surface area contributed by atoms with Crippen LogP contribution in [0, 0.1) is 0 Å². The van der Waals surface area contributed by atoms with Crippen LogP contribution in [0.5, 0.6) is 0 Å². The second kappa shape index (κ2) is 26.6. The van der Waals surface area contributed by atoms with Crippen LogP contribution in [0.4, 0.5) is 44.0 Å². The number of nitrogens with zero attached hydrogens (tertiary/aromatic N) is 13. The van der Waals surface area contributed by atoms with Gasteiger partial charge in [-0.15, -0.1) is 11.6 Å². The van der Waals surface area contributed by atoms with Crippen molar-refractivity contribution in [2.75, 3.05) is 33.3 Å². The van der Waals surface area contributed by atoms with E-state index < -0.39 is 23.4 Å². The van der Waals surface area contributed by atoms with Gasteiger partial charge in [0.25, 0.3) is 0 Å². The molecule has 8 rings (SSSR count). The van der Waals surface area contributed by atoms with Crippen molar-refractivity contribution in [3.05, 3.63) is 146 Å². The van der Waals surface area contributed by atoms with Gasteiger partial charge in [0.05, 0.1) is 59.4 Å². The van der Waals surface area contributed by atoms with E-state index in [0.717, 1.165) is 55.1 Å². The Hall–Kier alpha value is -7.81. The predicted octanol–water partition coefficient (Wildman–Crippen LogP) is 11.5. The largest absolute Gasteiger partial charge is 0.444 e. The maximum atomic E-state index is 13.1. The molecule has 0 saturated carbocycles. The molecule has 0 bridgehead atoms. The Balaban J connectivity index is 0.000000205. The van der Waals surface area contributed by atoms with Crippen molar-refractivity contribution in [1.29, 1.82) is 0 Å². The molecule has 0 radical (unpaired) electrons. The fraction of sp³-hybridized carbons (Fsp3) is 0.280. The minimum Gasteiger partial charge on any atom is -0.444 e. The summed E-state index contributed by atoms with van der Waals surface area (Å²) >= 11 is 17.7. The Labute approximate surface area is 438 Å². The van der Waals surface area contributed by atoms with Crippen LogP contribution in [-0.4, -0.2) is 95.2 Å². The molecule has 3 N–H and O–H groups in total. The number of hydrogen-bond donors (Lipinski definition) is 3. The number of nitrogens with one attached hydrogen (secondary N) is 3. The fourth-order valence-electron chi connectivity index (χ4n) is 6.27. The normalized spacial score (nSPS) is 11.0. The van der Waals surface area contributed by atoms with Crippen LogP contribution in [0.1, 0.15) is 54.4 Å². The lowest BCUT2D eigenvalue weighted by atomic mass is 10.2. The topological polar surface area (TPSA) is 231 Å².